The van der Waals surface area contributed by atoms with Gasteiger partial charge in [-0.05, 0) is 12.0 Å². The van der Waals surface area contributed by atoms with Crippen molar-refractivity contribution in [2.75, 3.05) is 12.8 Å². The lowest BCUT2D eigenvalue weighted by atomic mass is 10.1. The summed E-state index contributed by atoms with van der Waals surface area (Å²) in [4.78, 5) is 10.9. The summed E-state index contributed by atoms with van der Waals surface area (Å²) in [6.45, 7) is 4.44. The van der Waals surface area contributed by atoms with Crippen molar-refractivity contribution in [1.82, 2.24) is 0 Å². The Kier molecular flexibility index (Phi) is 7.04. The minimum Gasteiger partial charge on any atom is -0.328 e. The molecule has 19 heavy (non-hydrogen) atoms. The highest BCUT2D eigenvalue weighted by atomic mass is 31.2. The molecule has 0 heterocycles. The van der Waals surface area contributed by atoms with Gasteiger partial charge in [0.05, 0.1) is 12.3 Å². The summed E-state index contributed by atoms with van der Waals surface area (Å²) >= 11 is 0. The van der Waals surface area contributed by atoms with Crippen LogP contribution in [0.2, 0.25) is 0 Å². The molecule has 0 N–H and O–H groups in total. The van der Waals surface area contributed by atoms with E-state index in [4.69, 9.17) is 4.52 Å². The Morgan fingerprint density at radius 1 is 1.26 bits per heavy atom. The molecule has 0 aliphatic rings. The molecule has 2 unspecified atom stereocenters. The highest BCUT2D eigenvalue weighted by Gasteiger charge is 2.33. The zero-order valence-corrected chi connectivity index (χ0v) is 12.6. The molecular formula is C15H23O3P. The number of aldehydes is 1. The minimum atomic E-state index is -2.81. The molecule has 0 bridgehead atoms. The van der Waals surface area contributed by atoms with Crippen LogP contribution in [0, 0.1) is 0 Å². The maximum Gasteiger partial charge on any atom is 0.210 e. The van der Waals surface area contributed by atoms with Crippen LogP contribution >= 0.6 is 7.37 Å². The van der Waals surface area contributed by atoms with E-state index in [0.29, 0.717) is 12.8 Å². The molecule has 0 aliphatic heterocycles. The van der Waals surface area contributed by atoms with Gasteiger partial charge in [0.15, 0.2) is 0 Å². The van der Waals surface area contributed by atoms with Gasteiger partial charge in [-0.3, -0.25) is 4.57 Å². The van der Waals surface area contributed by atoms with Gasteiger partial charge in [0.25, 0.3) is 0 Å². The molecule has 1 aromatic rings. The van der Waals surface area contributed by atoms with Crippen molar-refractivity contribution in [3.8, 4) is 0 Å². The van der Waals surface area contributed by atoms with Crippen molar-refractivity contribution in [3.05, 3.63) is 35.9 Å². The molecule has 0 spiro atoms. The normalized spacial score (nSPS) is 15.7. The third-order valence-electron chi connectivity index (χ3n) is 3.23. The summed E-state index contributed by atoms with van der Waals surface area (Å²) in [5, 5.41) is 0. The van der Waals surface area contributed by atoms with E-state index in [-0.39, 0.29) is 12.1 Å². The Bertz CT molecular complexity index is 417. The fourth-order valence-corrected chi connectivity index (χ4v) is 4.33. The lowest BCUT2D eigenvalue weighted by Crippen LogP contribution is -2.07. The maximum absolute atomic E-state index is 13.0. The summed E-state index contributed by atoms with van der Waals surface area (Å²) in [7, 11) is -2.81. The molecule has 106 valence electrons. The Labute approximate surface area is 115 Å². The molecule has 3 nitrogen and oxygen atoms in total. The molecule has 2 atom stereocenters. The number of hydrogen-bond acceptors (Lipinski definition) is 3. The average molecular weight is 282 g/mol. The molecule has 0 fully saturated rings. The van der Waals surface area contributed by atoms with Crippen LogP contribution in [0.4, 0.5) is 0 Å². The zero-order chi connectivity index (χ0) is 14.1. The lowest BCUT2D eigenvalue weighted by molar-refractivity contribution is -0.107. The zero-order valence-electron chi connectivity index (χ0n) is 11.7. The van der Waals surface area contributed by atoms with Gasteiger partial charge in [0, 0.05) is 12.6 Å². The summed E-state index contributed by atoms with van der Waals surface area (Å²) < 4.78 is 18.7. The first-order chi connectivity index (χ1) is 9.18. The first-order valence-electron chi connectivity index (χ1n) is 6.89. The third kappa shape index (κ3) is 4.59. The van der Waals surface area contributed by atoms with E-state index in [1.54, 1.807) is 0 Å². The monoisotopic (exact) mass is 282 g/mol. The number of carbonyl (C=O) groups excluding carboxylic acids is 1. The van der Waals surface area contributed by atoms with E-state index in [1.165, 1.54) is 0 Å². The van der Waals surface area contributed by atoms with Crippen LogP contribution in [0.3, 0.4) is 0 Å². The molecule has 0 radical (unpaired) electrons. The Morgan fingerprint density at radius 3 is 2.47 bits per heavy atom. The standard InChI is InChI=1S/C15H23O3P/c1-3-5-13-18-19(17,4-2)15(11-12-16)14-9-7-6-8-10-14/h6-10,12,15H,3-5,11,13H2,1-2H3. The van der Waals surface area contributed by atoms with Gasteiger partial charge in [0.1, 0.15) is 6.29 Å². The summed E-state index contributed by atoms with van der Waals surface area (Å²) in [5.74, 6) is 0. The number of hydrogen-bond donors (Lipinski definition) is 0. The van der Waals surface area contributed by atoms with Crippen LogP contribution in [-0.4, -0.2) is 19.1 Å². The van der Waals surface area contributed by atoms with Gasteiger partial charge in [-0.25, -0.2) is 0 Å². The lowest BCUT2D eigenvalue weighted by Gasteiger charge is -2.25. The fourth-order valence-electron chi connectivity index (χ4n) is 2.06. The molecule has 1 aromatic carbocycles. The SMILES string of the molecule is CCCCOP(=O)(CC)C(CC=O)c1ccccc1. The van der Waals surface area contributed by atoms with Crippen molar-refractivity contribution >= 4 is 13.7 Å². The van der Waals surface area contributed by atoms with Crippen molar-refractivity contribution < 1.29 is 13.9 Å². The summed E-state index contributed by atoms with van der Waals surface area (Å²) in [6, 6.07) is 9.55. The fraction of sp³-hybridized carbons (Fsp3) is 0.533. The second kappa shape index (κ2) is 8.29. The molecule has 4 heteroatoms. The van der Waals surface area contributed by atoms with E-state index < -0.39 is 7.37 Å². The molecular weight excluding hydrogens is 259 g/mol. The van der Waals surface area contributed by atoms with Gasteiger partial charge in [0.2, 0.25) is 7.37 Å². The predicted molar refractivity (Wildman–Crippen MR) is 78.9 cm³/mol. The highest BCUT2D eigenvalue weighted by Crippen LogP contribution is 2.61. The Morgan fingerprint density at radius 2 is 1.95 bits per heavy atom. The van der Waals surface area contributed by atoms with Crippen LogP contribution in [0.1, 0.15) is 44.3 Å². The molecule has 0 aromatic heterocycles. The van der Waals surface area contributed by atoms with Crippen LogP contribution in [0.5, 0.6) is 0 Å². The second-order valence-electron chi connectivity index (χ2n) is 4.56. The number of benzene rings is 1. The van der Waals surface area contributed by atoms with Crippen LogP contribution < -0.4 is 0 Å². The van der Waals surface area contributed by atoms with Crippen LogP contribution in [0.15, 0.2) is 30.3 Å². The quantitative estimate of drug-likeness (QED) is 0.382. The van der Waals surface area contributed by atoms with Crippen LogP contribution in [-0.2, 0) is 13.9 Å². The van der Waals surface area contributed by atoms with E-state index in [9.17, 15) is 9.36 Å². The van der Waals surface area contributed by atoms with Crippen molar-refractivity contribution in [1.29, 1.82) is 0 Å². The molecule has 0 amide bonds. The molecule has 1 rings (SSSR count). The number of unbranched alkanes of at least 4 members (excludes halogenated alkanes) is 1. The minimum absolute atomic E-state index is 0.251. The van der Waals surface area contributed by atoms with Crippen molar-refractivity contribution in [2.24, 2.45) is 0 Å². The van der Waals surface area contributed by atoms with E-state index in [0.717, 1.165) is 24.7 Å². The smallest absolute Gasteiger partial charge is 0.210 e. The van der Waals surface area contributed by atoms with Crippen LogP contribution in [0.25, 0.3) is 0 Å². The van der Waals surface area contributed by atoms with Gasteiger partial charge in [-0.2, -0.15) is 0 Å². The van der Waals surface area contributed by atoms with E-state index >= 15 is 0 Å². The van der Waals surface area contributed by atoms with Gasteiger partial charge in [-0.15, -0.1) is 0 Å². The van der Waals surface area contributed by atoms with Gasteiger partial charge in [-0.1, -0.05) is 50.6 Å². The van der Waals surface area contributed by atoms with Crippen molar-refractivity contribution in [2.45, 2.75) is 38.8 Å². The van der Waals surface area contributed by atoms with Crippen molar-refractivity contribution in [3.63, 3.8) is 0 Å². The van der Waals surface area contributed by atoms with E-state index in [2.05, 4.69) is 6.92 Å². The highest BCUT2D eigenvalue weighted by molar-refractivity contribution is 7.59. The number of rotatable bonds is 9. The third-order valence-corrected chi connectivity index (χ3v) is 6.19. The topological polar surface area (TPSA) is 43.4 Å². The molecule has 0 saturated carbocycles. The second-order valence-corrected chi connectivity index (χ2v) is 7.52. The van der Waals surface area contributed by atoms with Gasteiger partial charge >= 0.3 is 0 Å². The largest absolute Gasteiger partial charge is 0.328 e. The predicted octanol–water partition coefficient (Wildman–Crippen LogP) is 4.43. The van der Waals surface area contributed by atoms with E-state index in [1.807, 2.05) is 37.3 Å². The molecule has 0 saturated heterocycles. The first-order valence-corrected chi connectivity index (χ1v) is 8.77. The van der Waals surface area contributed by atoms with Gasteiger partial charge < -0.3 is 9.32 Å². The Hall–Kier alpha value is -0.920. The maximum atomic E-state index is 13.0. The summed E-state index contributed by atoms with van der Waals surface area (Å²) in [6.07, 6.45) is 3.45. The Balaban J connectivity index is 2.94. The first kappa shape index (κ1) is 16.1. The molecule has 0 aliphatic carbocycles. The number of carbonyl (C=O) groups is 1. The average Bonchev–Trinajstić information content (AvgIpc) is 2.45. The summed E-state index contributed by atoms with van der Waals surface area (Å²) in [5.41, 5.74) is 0.615.